The second kappa shape index (κ2) is 6.43. The minimum atomic E-state index is -0.453. The van der Waals surface area contributed by atoms with Gasteiger partial charge in [0.1, 0.15) is 6.04 Å². The molecule has 3 rings (SSSR count). The highest BCUT2D eigenvalue weighted by atomic mass is 16.2. The molecule has 1 unspecified atom stereocenters. The molecule has 0 aliphatic carbocycles. The largest absolute Gasteiger partial charge is 0.325 e. The number of nitrogens with zero attached hydrogens (tertiary/aromatic N) is 1. The number of nitrogens with one attached hydrogen (secondary N) is 1. The Balaban J connectivity index is 1.62. The van der Waals surface area contributed by atoms with E-state index in [1.54, 1.807) is 0 Å². The van der Waals surface area contributed by atoms with E-state index >= 15 is 0 Å². The van der Waals surface area contributed by atoms with Crippen molar-refractivity contribution < 1.29 is 9.59 Å². The number of rotatable bonds is 5. The lowest BCUT2D eigenvalue weighted by Crippen LogP contribution is -2.33. The lowest BCUT2D eigenvalue weighted by atomic mass is 10.1. The molecule has 2 aromatic rings. The zero-order valence-electron chi connectivity index (χ0n) is 12.2. The van der Waals surface area contributed by atoms with Crippen LogP contribution in [0.4, 0.5) is 4.79 Å². The van der Waals surface area contributed by atoms with Crippen LogP contribution in [0.3, 0.4) is 0 Å². The highest BCUT2D eigenvalue weighted by Crippen LogP contribution is 2.13. The SMILES string of the molecule is O=C1NC(Cc2ccccc2)C(=O)N1CCc1ccccc1. The normalized spacial score (nSPS) is 17.6. The first kappa shape index (κ1) is 14.3. The molecular weight excluding hydrogens is 276 g/mol. The van der Waals surface area contributed by atoms with Crippen LogP contribution in [0.2, 0.25) is 0 Å². The Morgan fingerprint density at radius 1 is 0.864 bits per heavy atom. The van der Waals surface area contributed by atoms with E-state index in [0.29, 0.717) is 19.4 Å². The van der Waals surface area contributed by atoms with Gasteiger partial charge in [0.15, 0.2) is 0 Å². The maximum absolute atomic E-state index is 12.4. The molecule has 4 nitrogen and oxygen atoms in total. The Morgan fingerprint density at radius 2 is 1.45 bits per heavy atom. The van der Waals surface area contributed by atoms with Gasteiger partial charge in [-0.1, -0.05) is 60.7 Å². The van der Waals surface area contributed by atoms with Crippen molar-refractivity contribution in [3.05, 3.63) is 71.8 Å². The van der Waals surface area contributed by atoms with Gasteiger partial charge in [-0.05, 0) is 17.5 Å². The molecule has 0 saturated carbocycles. The van der Waals surface area contributed by atoms with E-state index in [2.05, 4.69) is 5.32 Å². The number of benzene rings is 2. The standard InChI is InChI=1S/C18H18N2O2/c21-17-16(13-15-9-5-2-6-10-15)19-18(22)20(17)12-11-14-7-3-1-4-8-14/h1-10,16H,11-13H2,(H,19,22). The van der Waals surface area contributed by atoms with E-state index in [-0.39, 0.29) is 11.9 Å². The maximum atomic E-state index is 12.4. The average Bonchev–Trinajstić information content (AvgIpc) is 2.81. The topological polar surface area (TPSA) is 49.4 Å². The molecule has 1 aliphatic rings. The highest BCUT2D eigenvalue weighted by molar-refractivity contribution is 6.04. The van der Waals surface area contributed by atoms with Crippen LogP contribution in [0.5, 0.6) is 0 Å². The number of carbonyl (C=O) groups is 2. The van der Waals surface area contributed by atoms with Crippen LogP contribution >= 0.6 is 0 Å². The van der Waals surface area contributed by atoms with Gasteiger partial charge in [0.05, 0.1) is 0 Å². The lowest BCUT2D eigenvalue weighted by molar-refractivity contribution is -0.127. The molecule has 1 fully saturated rings. The number of urea groups is 1. The summed E-state index contributed by atoms with van der Waals surface area (Å²) in [6.45, 7) is 0.417. The quantitative estimate of drug-likeness (QED) is 0.861. The van der Waals surface area contributed by atoms with E-state index in [0.717, 1.165) is 11.1 Å². The predicted molar refractivity (Wildman–Crippen MR) is 84.3 cm³/mol. The Morgan fingerprint density at radius 3 is 2.09 bits per heavy atom. The molecule has 0 spiro atoms. The van der Waals surface area contributed by atoms with Gasteiger partial charge < -0.3 is 5.32 Å². The van der Waals surface area contributed by atoms with Gasteiger partial charge in [-0.15, -0.1) is 0 Å². The lowest BCUT2D eigenvalue weighted by Gasteiger charge is -2.13. The van der Waals surface area contributed by atoms with E-state index in [1.165, 1.54) is 4.90 Å². The first-order chi connectivity index (χ1) is 10.7. The van der Waals surface area contributed by atoms with Crippen LogP contribution in [-0.2, 0) is 17.6 Å². The summed E-state index contributed by atoms with van der Waals surface area (Å²) in [6.07, 6.45) is 1.21. The van der Waals surface area contributed by atoms with Crippen molar-refractivity contribution in [2.75, 3.05) is 6.54 Å². The van der Waals surface area contributed by atoms with Crippen LogP contribution in [0.25, 0.3) is 0 Å². The van der Waals surface area contributed by atoms with Gasteiger partial charge in [-0.3, -0.25) is 9.69 Å². The minimum Gasteiger partial charge on any atom is -0.325 e. The molecule has 4 heteroatoms. The Hall–Kier alpha value is -2.62. The van der Waals surface area contributed by atoms with Gasteiger partial charge in [0, 0.05) is 13.0 Å². The van der Waals surface area contributed by atoms with Crippen molar-refractivity contribution in [3.8, 4) is 0 Å². The van der Waals surface area contributed by atoms with Crippen LogP contribution in [0.15, 0.2) is 60.7 Å². The van der Waals surface area contributed by atoms with Crippen LogP contribution in [0.1, 0.15) is 11.1 Å². The molecule has 22 heavy (non-hydrogen) atoms. The minimum absolute atomic E-state index is 0.134. The molecular formula is C18H18N2O2. The summed E-state index contributed by atoms with van der Waals surface area (Å²) in [6, 6.07) is 18.9. The maximum Gasteiger partial charge on any atom is 0.324 e. The predicted octanol–water partition coefficient (Wildman–Crippen LogP) is 2.39. The van der Waals surface area contributed by atoms with Crippen molar-refractivity contribution in [2.45, 2.75) is 18.9 Å². The van der Waals surface area contributed by atoms with Gasteiger partial charge in [-0.2, -0.15) is 0 Å². The third-order valence-electron chi connectivity index (χ3n) is 3.86. The van der Waals surface area contributed by atoms with E-state index in [9.17, 15) is 9.59 Å². The number of carbonyl (C=O) groups excluding carboxylic acids is 2. The van der Waals surface area contributed by atoms with Gasteiger partial charge in [0.2, 0.25) is 0 Å². The fourth-order valence-corrected chi connectivity index (χ4v) is 2.66. The molecule has 0 aromatic heterocycles. The summed E-state index contributed by atoms with van der Waals surface area (Å²) in [5, 5.41) is 2.78. The third-order valence-corrected chi connectivity index (χ3v) is 3.86. The number of hydrogen-bond acceptors (Lipinski definition) is 2. The molecule has 0 radical (unpaired) electrons. The Bertz CT molecular complexity index is 655. The van der Waals surface area contributed by atoms with Crippen LogP contribution in [-0.4, -0.2) is 29.4 Å². The molecule has 112 valence electrons. The van der Waals surface area contributed by atoms with Gasteiger partial charge in [0.25, 0.3) is 5.91 Å². The van der Waals surface area contributed by atoms with Crippen molar-refractivity contribution in [1.29, 1.82) is 0 Å². The van der Waals surface area contributed by atoms with Crippen molar-refractivity contribution in [1.82, 2.24) is 10.2 Å². The zero-order valence-corrected chi connectivity index (χ0v) is 12.2. The number of imide groups is 1. The second-order valence-corrected chi connectivity index (χ2v) is 5.42. The van der Waals surface area contributed by atoms with Gasteiger partial charge >= 0.3 is 6.03 Å². The third kappa shape index (κ3) is 3.17. The first-order valence-corrected chi connectivity index (χ1v) is 7.44. The monoisotopic (exact) mass is 294 g/mol. The number of hydrogen-bond donors (Lipinski definition) is 1. The Labute approximate surface area is 129 Å². The molecule has 1 N–H and O–H groups in total. The number of amides is 3. The molecule has 3 amide bonds. The van der Waals surface area contributed by atoms with Crippen molar-refractivity contribution in [3.63, 3.8) is 0 Å². The summed E-state index contributed by atoms with van der Waals surface area (Å²) in [5.41, 5.74) is 2.17. The summed E-state index contributed by atoms with van der Waals surface area (Å²) >= 11 is 0. The summed E-state index contributed by atoms with van der Waals surface area (Å²) in [5.74, 6) is -0.134. The van der Waals surface area contributed by atoms with Crippen LogP contribution in [0, 0.1) is 0 Å². The second-order valence-electron chi connectivity index (χ2n) is 5.42. The van der Waals surface area contributed by atoms with Crippen molar-refractivity contribution in [2.24, 2.45) is 0 Å². The van der Waals surface area contributed by atoms with Crippen molar-refractivity contribution >= 4 is 11.9 Å². The fourth-order valence-electron chi connectivity index (χ4n) is 2.66. The molecule has 1 aliphatic heterocycles. The fraction of sp³-hybridized carbons (Fsp3) is 0.222. The van der Waals surface area contributed by atoms with E-state index in [1.807, 2.05) is 60.7 Å². The van der Waals surface area contributed by atoms with Gasteiger partial charge in [-0.25, -0.2) is 4.79 Å². The summed E-state index contributed by atoms with van der Waals surface area (Å²) in [7, 11) is 0. The summed E-state index contributed by atoms with van der Waals surface area (Å²) in [4.78, 5) is 25.7. The molecule has 2 aromatic carbocycles. The highest BCUT2D eigenvalue weighted by Gasteiger charge is 2.37. The molecule has 1 atom stereocenters. The van der Waals surface area contributed by atoms with E-state index < -0.39 is 6.04 Å². The molecule has 1 saturated heterocycles. The smallest absolute Gasteiger partial charge is 0.324 e. The molecule has 0 bridgehead atoms. The zero-order chi connectivity index (χ0) is 15.4. The first-order valence-electron chi connectivity index (χ1n) is 7.44. The van der Waals surface area contributed by atoms with Crippen LogP contribution < -0.4 is 5.32 Å². The Kier molecular flexibility index (Phi) is 4.19. The average molecular weight is 294 g/mol. The summed E-state index contributed by atoms with van der Waals surface area (Å²) < 4.78 is 0. The van der Waals surface area contributed by atoms with E-state index in [4.69, 9.17) is 0 Å². The molecule has 1 heterocycles.